The molecule has 0 aliphatic carbocycles. The molecule has 0 saturated carbocycles. The van der Waals surface area contributed by atoms with Gasteiger partial charge in [0.1, 0.15) is 6.33 Å². The molecule has 21 heavy (non-hydrogen) atoms. The maximum absolute atomic E-state index is 11.8. The number of benzene rings is 1. The fourth-order valence-electron chi connectivity index (χ4n) is 1.64. The van der Waals surface area contributed by atoms with Crippen molar-refractivity contribution in [2.45, 2.75) is 13.3 Å². The number of anilines is 1. The molecule has 112 valence electrons. The van der Waals surface area contributed by atoms with Gasteiger partial charge in [-0.3, -0.25) is 9.52 Å². The van der Waals surface area contributed by atoms with Crippen LogP contribution in [0.25, 0.3) is 5.69 Å². The minimum atomic E-state index is -3.72. The van der Waals surface area contributed by atoms with Crippen LogP contribution in [-0.4, -0.2) is 45.5 Å². The molecule has 9 nitrogen and oxygen atoms in total. The van der Waals surface area contributed by atoms with E-state index < -0.39 is 28.2 Å². The lowest BCUT2D eigenvalue weighted by atomic mass is 10.2. The number of hydrogen-bond donors (Lipinski definition) is 2. The third kappa shape index (κ3) is 3.99. The van der Waals surface area contributed by atoms with E-state index in [1.54, 1.807) is 18.2 Å². The smallest absolute Gasteiger partial charge is 0.304 e. The second-order valence-electron chi connectivity index (χ2n) is 4.32. The van der Waals surface area contributed by atoms with Gasteiger partial charge in [0.15, 0.2) is 0 Å². The van der Waals surface area contributed by atoms with Crippen LogP contribution in [0.4, 0.5) is 5.69 Å². The fourth-order valence-corrected chi connectivity index (χ4v) is 2.68. The van der Waals surface area contributed by atoms with E-state index in [9.17, 15) is 13.2 Å². The number of carbonyl (C=O) groups is 1. The number of aromatic nitrogens is 4. The van der Waals surface area contributed by atoms with Crippen molar-refractivity contribution in [3.05, 3.63) is 30.1 Å². The summed E-state index contributed by atoms with van der Waals surface area (Å²) >= 11 is 0. The van der Waals surface area contributed by atoms with E-state index in [-0.39, 0.29) is 0 Å². The molecular weight excluding hydrogens is 298 g/mol. The van der Waals surface area contributed by atoms with Gasteiger partial charge in [0, 0.05) is 0 Å². The Balaban J connectivity index is 2.22. The van der Waals surface area contributed by atoms with Crippen molar-refractivity contribution in [3.8, 4) is 5.69 Å². The second kappa shape index (κ2) is 5.87. The van der Waals surface area contributed by atoms with Crippen LogP contribution in [-0.2, 0) is 14.8 Å². The molecule has 0 spiro atoms. The van der Waals surface area contributed by atoms with Gasteiger partial charge in [0.2, 0.25) is 10.0 Å². The number of aryl methyl sites for hydroxylation is 1. The largest absolute Gasteiger partial charge is 0.481 e. The zero-order valence-corrected chi connectivity index (χ0v) is 11.9. The molecule has 0 fully saturated rings. The molecule has 0 bridgehead atoms. The first-order valence-electron chi connectivity index (χ1n) is 5.94. The first-order valence-corrected chi connectivity index (χ1v) is 7.59. The lowest BCUT2D eigenvalue weighted by Gasteiger charge is -2.10. The molecule has 2 aromatic rings. The van der Waals surface area contributed by atoms with Crippen molar-refractivity contribution in [2.75, 3.05) is 10.5 Å². The third-order valence-corrected chi connectivity index (χ3v) is 3.95. The highest BCUT2D eigenvalue weighted by Crippen LogP contribution is 2.19. The molecule has 1 aromatic carbocycles. The molecule has 0 amide bonds. The van der Waals surface area contributed by atoms with Crippen molar-refractivity contribution in [1.29, 1.82) is 0 Å². The van der Waals surface area contributed by atoms with E-state index in [0.29, 0.717) is 11.4 Å². The minimum Gasteiger partial charge on any atom is -0.481 e. The molecule has 0 radical (unpaired) electrons. The van der Waals surface area contributed by atoms with Gasteiger partial charge >= 0.3 is 5.97 Å². The second-order valence-corrected chi connectivity index (χ2v) is 6.16. The Morgan fingerprint density at radius 3 is 2.81 bits per heavy atom. The molecule has 2 rings (SSSR count). The quantitative estimate of drug-likeness (QED) is 0.779. The van der Waals surface area contributed by atoms with Crippen LogP contribution in [0.3, 0.4) is 0 Å². The summed E-state index contributed by atoms with van der Waals surface area (Å²) in [7, 11) is -3.72. The molecule has 1 heterocycles. The van der Waals surface area contributed by atoms with E-state index in [2.05, 4.69) is 20.2 Å². The predicted molar refractivity (Wildman–Crippen MR) is 73.6 cm³/mol. The van der Waals surface area contributed by atoms with Crippen LogP contribution < -0.4 is 4.72 Å². The normalized spacial score (nSPS) is 11.3. The summed E-state index contributed by atoms with van der Waals surface area (Å²) in [5, 5.41) is 19.3. The number of carboxylic acids is 1. The maximum Gasteiger partial charge on any atom is 0.304 e. The average Bonchev–Trinajstić information content (AvgIpc) is 2.92. The minimum absolute atomic E-state index is 0.316. The van der Waals surface area contributed by atoms with Crippen LogP contribution in [0, 0.1) is 6.92 Å². The van der Waals surface area contributed by atoms with Crippen molar-refractivity contribution in [1.82, 2.24) is 20.2 Å². The van der Waals surface area contributed by atoms with E-state index >= 15 is 0 Å². The van der Waals surface area contributed by atoms with Gasteiger partial charge in [0.25, 0.3) is 0 Å². The summed E-state index contributed by atoms with van der Waals surface area (Å²) in [6.45, 7) is 1.83. The number of rotatable bonds is 6. The number of carboxylic acid groups (broad SMARTS) is 1. The predicted octanol–water partition coefficient (Wildman–Crippen LogP) is 0.187. The van der Waals surface area contributed by atoms with E-state index in [0.717, 1.165) is 5.56 Å². The van der Waals surface area contributed by atoms with Crippen molar-refractivity contribution < 1.29 is 18.3 Å². The van der Waals surface area contributed by atoms with Crippen molar-refractivity contribution in [2.24, 2.45) is 0 Å². The van der Waals surface area contributed by atoms with Crippen LogP contribution in [0.15, 0.2) is 24.5 Å². The summed E-state index contributed by atoms with van der Waals surface area (Å²) in [5.74, 6) is -1.66. The summed E-state index contributed by atoms with van der Waals surface area (Å²) in [6, 6.07) is 4.87. The number of nitrogens with zero attached hydrogens (tertiary/aromatic N) is 4. The Kier molecular flexibility index (Phi) is 4.17. The van der Waals surface area contributed by atoms with Crippen molar-refractivity contribution in [3.63, 3.8) is 0 Å². The van der Waals surface area contributed by atoms with Gasteiger partial charge in [-0.05, 0) is 35.0 Å². The molecule has 1 aromatic heterocycles. The number of hydrogen-bond acceptors (Lipinski definition) is 6. The molecule has 0 saturated heterocycles. The van der Waals surface area contributed by atoms with E-state index in [1.807, 2.05) is 6.92 Å². The first kappa shape index (κ1) is 14.9. The van der Waals surface area contributed by atoms with E-state index in [4.69, 9.17) is 5.11 Å². The highest BCUT2D eigenvalue weighted by atomic mass is 32.2. The fraction of sp³-hybridized carbons (Fsp3) is 0.273. The zero-order valence-electron chi connectivity index (χ0n) is 11.1. The monoisotopic (exact) mass is 311 g/mol. The van der Waals surface area contributed by atoms with Gasteiger partial charge in [0.05, 0.1) is 23.5 Å². The summed E-state index contributed by atoms with van der Waals surface area (Å²) in [4.78, 5) is 10.4. The average molecular weight is 311 g/mol. The third-order valence-electron chi connectivity index (χ3n) is 2.66. The number of nitrogens with one attached hydrogen (secondary N) is 1. The number of tetrazole rings is 1. The summed E-state index contributed by atoms with van der Waals surface area (Å²) < 4.78 is 27.3. The molecule has 0 unspecified atom stereocenters. The SMILES string of the molecule is Cc1ccc(NS(=O)(=O)CCC(=O)O)cc1-n1cnnn1. The van der Waals surface area contributed by atoms with Crippen LogP contribution >= 0.6 is 0 Å². The molecular formula is C11H13N5O4S. The molecule has 0 aliphatic heterocycles. The zero-order chi connectivity index (χ0) is 15.5. The van der Waals surface area contributed by atoms with Gasteiger partial charge in [-0.25, -0.2) is 13.1 Å². The Morgan fingerprint density at radius 1 is 1.43 bits per heavy atom. The molecule has 0 atom stereocenters. The standard InChI is InChI=1S/C11H13N5O4S/c1-8-2-3-9(6-10(8)16-7-12-14-15-16)13-21(19,20)5-4-11(17)18/h2-3,6-7,13H,4-5H2,1H3,(H,17,18). The van der Waals surface area contributed by atoms with E-state index in [1.165, 1.54) is 11.0 Å². The Hall–Kier alpha value is -2.49. The van der Waals surface area contributed by atoms with Gasteiger partial charge in [-0.2, -0.15) is 0 Å². The lowest BCUT2D eigenvalue weighted by Crippen LogP contribution is -2.19. The van der Waals surface area contributed by atoms with Gasteiger partial charge < -0.3 is 5.11 Å². The first-order chi connectivity index (χ1) is 9.87. The van der Waals surface area contributed by atoms with Crippen molar-refractivity contribution >= 4 is 21.7 Å². The Bertz CT molecular complexity index is 742. The Labute approximate surface area is 120 Å². The molecule has 0 aliphatic rings. The van der Waals surface area contributed by atoms with Gasteiger partial charge in [-0.1, -0.05) is 6.07 Å². The van der Waals surface area contributed by atoms with Crippen LogP contribution in [0.1, 0.15) is 12.0 Å². The van der Waals surface area contributed by atoms with Gasteiger partial charge in [-0.15, -0.1) is 5.10 Å². The number of sulfonamides is 1. The summed E-state index contributed by atoms with van der Waals surface area (Å²) in [6.07, 6.45) is 0.937. The Morgan fingerprint density at radius 2 is 2.19 bits per heavy atom. The maximum atomic E-state index is 11.8. The van der Waals surface area contributed by atoms with Crippen LogP contribution in [0.5, 0.6) is 0 Å². The molecule has 10 heteroatoms. The molecule has 2 N–H and O–H groups in total. The highest BCUT2D eigenvalue weighted by molar-refractivity contribution is 7.92. The van der Waals surface area contributed by atoms with Crippen LogP contribution in [0.2, 0.25) is 0 Å². The highest BCUT2D eigenvalue weighted by Gasteiger charge is 2.14. The topological polar surface area (TPSA) is 127 Å². The number of aliphatic carboxylic acids is 1. The summed E-state index contributed by atoms with van der Waals surface area (Å²) in [5.41, 5.74) is 1.80. The lowest BCUT2D eigenvalue weighted by molar-refractivity contribution is -0.136.